The maximum Gasteiger partial charge on any atom is 0.174 e. The number of Topliss-reactive ketones (excluding diaryl/α,β-unsaturated/α-hetero) is 2. The van der Waals surface area contributed by atoms with E-state index in [0.29, 0.717) is 50.9 Å². The summed E-state index contributed by atoms with van der Waals surface area (Å²) in [5.74, 6) is -0.353. The van der Waals surface area contributed by atoms with Gasteiger partial charge in [0.25, 0.3) is 0 Å². The van der Waals surface area contributed by atoms with Crippen LogP contribution in [0.3, 0.4) is 0 Å². The summed E-state index contributed by atoms with van der Waals surface area (Å²) in [5.41, 5.74) is 2.74. The number of para-hydroxylation sites is 1. The zero-order valence-corrected chi connectivity index (χ0v) is 27.6. The number of rotatable bonds is 19. The minimum absolute atomic E-state index is 0.220. The van der Waals surface area contributed by atoms with E-state index in [1.54, 1.807) is 18.2 Å². The highest BCUT2D eigenvalue weighted by Gasteiger charge is 2.39. The molecule has 5 rings (SSSR count). The number of hydrogen-bond donors (Lipinski definition) is 0. The molecule has 0 amide bonds. The van der Waals surface area contributed by atoms with Crippen molar-refractivity contribution in [3.05, 3.63) is 58.7 Å². The van der Waals surface area contributed by atoms with Crippen molar-refractivity contribution in [2.75, 3.05) is 0 Å². The molecule has 1 atom stereocenters. The second-order valence-electron chi connectivity index (χ2n) is 13.3. The number of fused-ring (bicyclic) bond motifs is 2. The van der Waals surface area contributed by atoms with E-state index in [2.05, 4.69) is 19.1 Å². The number of nitrogens with zero attached hydrogens (tertiary/aromatic N) is 2. The van der Waals surface area contributed by atoms with Gasteiger partial charge in [-0.25, -0.2) is 0 Å². The van der Waals surface area contributed by atoms with Crippen molar-refractivity contribution in [2.24, 2.45) is 5.92 Å². The molecule has 1 unspecified atom stereocenters. The molecule has 0 spiro atoms. The number of carbonyl (C=O) groups excluding carboxylic acids is 2. The molecule has 0 radical (unpaired) electrons. The Morgan fingerprint density at radius 3 is 1.61 bits per heavy atom. The Morgan fingerprint density at radius 1 is 0.609 bits per heavy atom. The maximum atomic E-state index is 13.8. The second kappa shape index (κ2) is 16.6. The summed E-state index contributed by atoms with van der Waals surface area (Å²) < 4.78 is 6.16. The minimum Gasteiger partial charge on any atom is -0.455 e. The van der Waals surface area contributed by atoms with E-state index in [4.69, 9.17) is 4.74 Å². The molecule has 46 heavy (non-hydrogen) atoms. The van der Waals surface area contributed by atoms with Gasteiger partial charge >= 0.3 is 0 Å². The third-order valence-corrected chi connectivity index (χ3v) is 9.98. The number of unbranched alkanes of at least 4 members (excludes halogenated alkanes) is 17. The van der Waals surface area contributed by atoms with E-state index < -0.39 is 5.92 Å². The number of ketones is 2. The summed E-state index contributed by atoms with van der Waals surface area (Å²) in [6.45, 7) is 2.27. The molecular weight excluding hydrogens is 568 g/mol. The predicted molar refractivity (Wildman–Crippen MR) is 184 cm³/mol. The molecule has 5 heteroatoms. The fourth-order valence-corrected chi connectivity index (χ4v) is 7.43. The Balaban J connectivity index is 1.09. The van der Waals surface area contributed by atoms with Crippen LogP contribution in [0.15, 0.2) is 36.4 Å². The minimum atomic E-state index is -0.775. The third-order valence-electron chi connectivity index (χ3n) is 9.98. The van der Waals surface area contributed by atoms with E-state index in [1.807, 2.05) is 18.2 Å². The van der Waals surface area contributed by atoms with Gasteiger partial charge in [-0.15, -0.1) is 0 Å². The smallest absolute Gasteiger partial charge is 0.174 e. The number of nitriles is 2. The number of hydrogen-bond acceptors (Lipinski definition) is 5. The van der Waals surface area contributed by atoms with E-state index >= 15 is 0 Å². The van der Waals surface area contributed by atoms with Gasteiger partial charge in [-0.05, 0) is 24.6 Å². The zero-order valence-electron chi connectivity index (χ0n) is 27.6. The topological polar surface area (TPSA) is 91.0 Å². The largest absolute Gasteiger partial charge is 0.455 e. The number of carbonyl (C=O) groups is 2. The molecule has 0 saturated carbocycles. The Hall–Kier alpha value is -3.96. The van der Waals surface area contributed by atoms with Crippen molar-refractivity contribution in [3.63, 3.8) is 0 Å². The quantitative estimate of drug-likeness (QED) is 0.0772. The molecule has 1 heterocycles. The summed E-state index contributed by atoms with van der Waals surface area (Å²) >= 11 is 0. The average molecular weight is 617 g/mol. The molecule has 0 aromatic heterocycles. The van der Waals surface area contributed by atoms with Crippen molar-refractivity contribution >= 4 is 22.3 Å². The average Bonchev–Trinajstić information content (AvgIpc) is 3.08. The molecule has 0 saturated heterocycles. The normalized spacial score (nSPS) is 14.5. The molecule has 3 aromatic rings. The van der Waals surface area contributed by atoms with Gasteiger partial charge in [0.1, 0.15) is 11.8 Å². The van der Waals surface area contributed by atoms with Gasteiger partial charge < -0.3 is 4.74 Å². The summed E-state index contributed by atoms with van der Waals surface area (Å²) in [4.78, 5) is 27.6. The van der Waals surface area contributed by atoms with Crippen LogP contribution in [-0.4, -0.2) is 11.6 Å². The van der Waals surface area contributed by atoms with Gasteiger partial charge in [-0.3, -0.25) is 9.59 Å². The fourth-order valence-electron chi connectivity index (χ4n) is 7.43. The van der Waals surface area contributed by atoms with Crippen LogP contribution in [0.1, 0.15) is 161 Å². The monoisotopic (exact) mass is 616 g/mol. The van der Waals surface area contributed by atoms with Crippen molar-refractivity contribution in [2.45, 2.75) is 129 Å². The Morgan fingerprint density at radius 2 is 1.09 bits per heavy atom. The van der Waals surface area contributed by atoms with Crippen molar-refractivity contribution in [1.29, 1.82) is 10.5 Å². The van der Waals surface area contributed by atoms with Gasteiger partial charge in [-0.1, -0.05) is 141 Å². The Kier molecular flexibility index (Phi) is 12.0. The van der Waals surface area contributed by atoms with Crippen molar-refractivity contribution in [3.8, 4) is 34.8 Å². The van der Waals surface area contributed by atoms with E-state index in [9.17, 15) is 20.1 Å². The van der Waals surface area contributed by atoms with E-state index in [0.717, 1.165) is 24.8 Å². The van der Waals surface area contributed by atoms with E-state index in [1.165, 1.54) is 96.3 Å². The first-order valence-electron chi connectivity index (χ1n) is 17.9. The molecular formula is C41H48N2O3. The molecule has 1 aliphatic heterocycles. The van der Waals surface area contributed by atoms with Gasteiger partial charge in [0.05, 0.1) is 23.1 Å². The molecule has 0 bridgehead atoms. The molecule has 240 valence electrons. The molecule has 1 aliphatic carbocycles. The highest BCUT2D eigenvalue weighted by atomic mass is 16.5. The van der Waals surface area contributed by atoms with Crippen LogP contribution in [0, 0.1) is 28.6 Å². The van der Waals surface area contributed by atoms with Crippen molar-refractivity contribution in [1.82, 2.24) is 0 Å². The molecule has 0 N–H and O–H groups in total. The van der Waals surface area contributed by atoms with E-state index in [-0.39, 0.29) is 17.1 Å². The lowest BCUT2D eigenvalue weighted by molar-refractivity contribution is 0.0792. The summed E-state index contributed by atoms with van der Waals surface area (Å²) in [7, 11) is 0. The lowest BCUT2D eigenvalue weighted by atomic mass is 9.74. The highest BCUT2D eigenvalue weighted by molar-refractivity contribution is 6.32. The van der Waals surface area contributed by atoms with Crippen LogP contribution in [0.25, 0.3) is 21.9 Å². The van der Waals surface area contributed by atoms with Crippen LogP contribution >= 0.6 is 0 Å². The molecule has 0 fully saturated rings. The van der Waals surface area contributed by atoms with Gasteiger partial charge in [-0.2, -0.15) is 10.5 Å². The lowest BCUT2D eigenvalue weighted by Crippen LogP contribution is -2.30. The zero-order chi connectivity index (χ0) is 32.3. The number of benzene rings is 3. The highest BCUT2D eigenvalue weighted by Crippen LogP contribution is 2.52. The Labute approximate surface area is 275 Å². The SMILES string of the molecule is CCCCCCCCCCCCCCCCCCCCC1C(=O)c2cc(C#N)c3c4c(c(C#N)cc(c24)C1=O)-c1ccccc1O3. The first kappa shape index (κ1) is 33.4. The standard InChI is InChI=1S/C41H48N2O3/c1-2-3-4-5-6-7-8-9-10-11-12-13-14-15-16-17-18-19-23-32-39(44)33-25-29(27-42)36-31-22-20-21-24-35(31)46-41-30(28-43)26-34(40(32)45)37(33)38(36)41/h20-22,24-26,32H,2-19,23H2,1H3. The van der Waals surface area contributed by atoms with Crippen LogP contribution in [0.2, 0.25) is 0 Å². The lowest BCUT2D eigenvalue weighted by Gasteiger charge is -2.29. The molecule has 5 nitrogen and oxygen atoms in total. The Bertz CT molecular complexity index is 1620. The summed E-state index contributed by atoms with van der Waals surface area (Å²) in [5, 5.41) is 21.2. The molecule has 2 aliphatic rings. The van der Waals surface area contributed by atoms with Crippen LogP contribution in [0.4, 0.5) is 0 Å². The van der Waals surface area contributed by atoms with Crippen molar-refractivity contribution < 1.29 is 14.3 Å². The second-order valence-corrected chi connectivity index (χ2v) is 13.3. The summed E-state index contributed by atoms with van der Waals surface area (Å²) in [6.07, 6.45) is 23.7. The predicted octanol–water partition coefficient (Wildman–Crippen LogP) is 11.8. The van der Waals surface area contributed by atoms with Gasteiger partial charge in [0.2, 0.25) is 0 Å². The molecule has 3 aromatic carbocycles. The maximum absolute atomic E-state index is 13.8. The van der Waals surface area contributed by atoms with Crippen LogP contribution in [-0.2, 0) is 0 Å². The van der Waals surface area contributed by atoms with Crippen LogP contribution in [0.5, 0.6) is 11.5 Å². The first-order chi connectivity index (χ1) is 22.6. The number of ether oxygens (including phenoxy) is 1. The first-order valence-corrected chi connectivity index (χ1v) is 17.9. The van der Waals surface area contributed by atoms with Gasteiger partial charge in [0, 0.05) is 33.0 Å². The summed E-state index contributed by atoms with van der Waals surface area (Å²) in [6, 6.07) is 15.1. The van der Waals surface area contributed by atoms with Gasteiger partial charge in [0.15, 0.2) is 17.3 Å². The fraction of sp³-hybridized carbons (Fsp3) is 0.512. The third kappa shape index (κ3) is 7.36. The van der Waals surface area contributed by atoms with Crippen LogP contribution < -0.4 is 4.74 Å².